The quantitative estimate of drug-likeness (QED) is 0.429. The summed E-state index contributed by atoms with van der Waals surface area (Å²) in [7, 11) is 1.25. The van der Waals surface area contributed by atoms with Crippen molar-refractivity contribution in [1.82, 2.24) is 20.2 Å². The third-order valence-electron chi connectivity index (χ3n) is 6.40. The Kier molecular flexibility index (Phi) is 7.23. The highest BCUT2D eigenvalue weighted by molar-refractivity contribution is 5.86. The summed E-state index contributed by atoms with van der Waals surface area (Å²) in [5, 5.41) is 2.62. The zero-order chi connectivity index (χ0) is 26.0. The van der Waals surface area contributed by atoms with Crippen LogP contribution in [0.25, 0.3) is 22.4 Å². The molecule has 2 atom stereocenters. The van der Waals surface area contributed by atoms with Gasteiger partial charge in [0.1, 0.15) is 23.5 Å². The molecule has 1 saturated heterocycles. The van der Waals surface area contributed by atoms with Crippen LogP contribution in [0.5, 0.6) is 0 Å². The Labute approximate surface area is 207 Å². The molecule has 1 aromatic heterocycles. The third kappa shape index (κ3) is 5.02. The van der Waals surface area contributed by atoms with Gasteiger partial charge in [0.25, 0.3) is 0 Å². The van der Waals surface area contributed by atoms with Crippen molar-refractivity contribution in [2.75, 3.05) is 19.4 Å². The third-order valence-corrected chi connectivity index (χ3v) is 6.40. The van der Waals surface area contributed by atoms with Crippen LogP contribution in [0.3, 0.4) is 0 Å². The number of rotatable bonds is 6. The Morgan fingerprint density at radius 2 is 1.86 bits per heavy atom. The van der Waals surface area contributed by atoms with Crippen LogP contribution in [-0.2, 0) is 9.53 Å². The summed E-state index contributed by atoms with van der Waals surface area (Å²) in [4.78, 5) is 34.4. The number of anilines is 1. The molecule has 3 aromatic rings. The zero-order valence-corrected chi connectivity index (χ0v) is 20.3. The molecule has 0 saturated carbocycles. The summed E-state index contributed by atoms with van der Waals surface area (Å²) in [5.74, 6) is -0.962. The molecule has 1 aliphatic rings. The maximum absolute atomic E-state index is 14.9. The number of hydrogen-bond acceptors (Lipinski definition) is 5. The Hall–Kier alpha value is -3.95. The van der Waals surface area contributed by atoms with Gasteiger partial charge in [-0.05, 0) is 43.0 Å². The Morgan fingerprint density at radius 3 is 2.50 bits per heavy atom. The van der Waals surface area contributed by atoms with Gasteiger partial charge in [0, 0.05) is 28.9 Å². The van der Waals surface area contributed by atoms with Crippen molar-refractivity contribution in [3.63, 3.8) is 0 Å². The molecule has 4 rings (SSSR count). The number of nitrogens with two attached hydrogens (primary N) is 1. The molecule has 0 radical (unpaired) electrons. The van der Waals surface area contributed by atoms with E-state index in [9.17, 15) is 18.4 Å². The molecule has 10 heteroatoms. The number of aromatic nitrogens is 2. The van der Waals surface area contributed by atoms with Gasteiger partial charge >= 0.3 is 6.09 Å². The number of ether oxygens (including phenoxy) is 1. The number of H-pyrrole nitrogens is 1. The topological polar surface area (TPSA) is 113 Å². The van der Waals surface area contributed by atoms with Crippen molar-refractivity contribution in [2.24, 2.45) is 5.92 Å². The van der Waals surface area contributed by atoms with Gasteiger partial charge in [-0.2, -0.15) is 0 Å². The van der Waals surface area contributed by atoms with Crippen LogP contribution in [-0.4, -0.2) is 46.6 Å². The molecular weight excluding hydrogens is 468 g/mol. The van der Waals surface area contributed by atoms with Gasteiger partial charge in [0.05, 0.1) is 25.0 Å². The number of imidazole rings is 1. The molecule has 2 amide bonds. The van der Waals surface area contributed by atoms with Gasteiger partial charge in [-0.25, -0.2) is 18.6 Å². The van der Waals surface area contributed by atoms with Crippen LogP contribution in [0.1, 0.15) is 38.6 Å². The number of methoxy groups -OCH3 is 1. The average Bonchev–Trinajstić information content (AvgIpc) is 3.52. The number of halogens is 2. The number of amides is 2. The molecule has 190 valence electrons. The smallest absolute Gasteiger partial charge is 0.407 e. The molecule has 1 unspecified atom stereocenters. The van der Waals surface area contributed by atoms with Gasteiger partial charge in [-0.3, -0.25) is 4.79 Å². The molecule has 8 nitrogen and oxygen atoms in total. The fourth-order valence-corrected chi connectivity index (χ4v) is 4.50. The lowest BCUT2D eigenvalue weighted by atomic mass is 10.0. The molecule has 0 spiro atoms. The summed E-state index contributed by atoms with van der Waals surface area (Å²) in [6.07, 6.45) is 2.40. The SMILES string of the molecule is COC(=O)N[C@H](C(=O)N1CCCC1c1ncc(-c2ccc(-c3ccc(N)cc3F)c(F)c2)[nH]1)C(C)C. The number of nitrogen functional groups attached to an aromatic ring is 1. The van der Waals surface area contributed by atoms with E-state index in [-0.39, 0.29) is 34.7 Å². The second-order valence-electron chi connectivity index (χ2n) is 9.16. The van der Waals surface area contributed by atoms with E-state index in [1.165, 1.54) is 31.4 Å². The van der Waals surface area contributed by atoms with Crippen molar-refractivity contribution in [2.45, 2.75) is 38.8 Å². The molecule has 0 bridgehead atoms. The largest absolute Gasteiger partial charge is 0.453 e. The average molecular weight is 498 g/mol. The minimum Gasteiger partial charge on any atom is -0.453 e. The van der Waals surface area contributed by atoms with Crippen molar-refractivity contribution in [3.05, 3.63) is 60.1 Å². The number of likely N-dealkylation sites (tertiary alicyclic amines) is 1. The van der Waals surface area contributed by atoms with Crippen LogP contribution in [0.4, 0.5) is 19.3 Å². The second kappa shape index (κ2) is 10.3. The highest BCUT2D eigenvalue weighted by atomic mass is 19.1. The van der Waals surface area contributed by atoms with E-state index in [2.05, 4.69) is 20.0 Å². The normalized spacial score (nSPS) is 16.3. The molecule has 1 fully saturated rings. The first-order chi connectivity index (χ1) is 17.2. The fraction of sp³-hybridized carbons (Fsp3) is 0.346. The lowest BCUT2D eigenvalue weighted by Crippen LogP contribution is -2.51. The molecule has 0 aliphatic carbocycles. The summed E-state index contributed by atoms with van der Waals surface area (Å²) in [5.41, 5.74) is 7.21. The van der Waals surface area contributed by atoms with E-state index in [1.54, 1.807) is 17.2 Å². The summed E-state index contributed by atoms with van der Waals surface area (Å²) in [6, 6.07) is 7.59. The minimum absolute atomic E-state index is 0.124. The Balaban J connectivity index is 1.56. The van der Waals surface area contributed by atoms with Gasteiger partial charge < -0.3 is 25.7 Å². The van der Waals surface area contributed by atoms with E-state index in [0.29, 0.717) is 30.0 Å². The lowest BCUT2D eigenvalue weighted by Gasteiger charge is -2.30. The predicted octanol–water partition coefficient (Wildman–Crippen LogP) is 4.65. The van der Waals surface area contributed by atoms with Gasteiger partial charge in [-0.1, -0.05) is 26.0 Å². The van der Waals surface area contributed by atoms with Crippen molar-refractivity contribution < 1.29 is 23.1 Å². The molecule has 2 aromatic carbocycles. The number of nitrogens with zero attached hydrogens (tertiary/aromatic N) is 2. The van der Waals surface area contributed by atoms with Gasteiger partial charge in [0.15, 0.2) is 0 Å². The molecule has 36 heavy (non-hydrogen) atoms. The first kappa shape index (κ1) is 25.2. The van der Waals surface area contributed by atoms with Crippen molar-refractivity contribution in [1.29, 1.82) is 0 Å². The fourth-order valence-electron chi connectivity index (χ4n) is 4.50. The van der Waals surface area contributed by atoms with E-state index in [0.717, 1.165) is 12.5 Å². The predicted molar refractivity (Wildman–Crippen MR) is 132 cm³/mol. The molecule has 1 aliphatic heterocycles. The van der Waals surface area contributed by atoms with Crippen molar-refractivity contribution in [3.8, 4) is 22.4 Å². The maximum atomic E-state index is 14.9. The number of hydrogen-bond donors (Lipinski definition) is 3. The Bertz CT molecular complexity index is 1280. The van der Waals surface area contributed by atoms with Crippen LogP contribution in [0, 0.1) is 17.6 Å². The standard InChI is InChI=1S/C26H29F2N5O3/c1-14(2)23(32-26(35)36-3)25(34)33-10-4-5-22(33)24-30-13-21(31-24)15-6-8-17(19(27)11-15)18-9-7-16(29)12-20(18)28/h6-9,11-14,22-23H,4-5,10,29H2,1-3H3,(H,30,31)(H,32,35)/t22?,23-/m0/s1. The number of carbonyl (C=O) groups excluding carboxylic acids is 2. The van der Waals surface area contributed by atoms with E-state index in [4.69, 9.17) is 5.73 Å². The first-order valence-electron chi connectivity index (χ1n) is 11.7. The van der Waals surface area contributed by atoms with Gasteiger partial charge in [-0.15, -0.1) is 0 Å². The minimum atomic E-state index is -0.733. The molecule has 2 heterocycles. The van der Waals surface area contributed by atoms with Gasteiger partial charge in [0.2, 0.25) is 5.91 Å². The molecule has 4 N–H and O–H groups in total. The van der Waals surface area contributed by atoms with Crippen LogP contribution in [0.2, 0.25) is 0 Å². The van der Waals surface area contributed by atoms with E-state index < -0.39 is 23.8 Å². The van der Waals surface area contributed by atoms with Crippen LogP contribution in [0.15, 0.2) is 42.6 Å². The second-order valence-corrected chi connectivity index (χ2v) is 9.16. The number of alkyl carbamates (subject to hydrolysis) is 1. The van der Waals surface area contributed by atoms with Crippen LogP contribution >= 0.6 is 0 Å². The maximum Gasteiger partial charge on any atom is 0.407 e. The molecular formula is C26H29F2N5O3. The number of benzene rings is 2. The van der Waals surface area contributed by atoms with E-state index >= 15 is 0 Å². The summed E-state index contributed by atoms with van der Waals surface area (Å²) in [6.45, 7) is 4.23. The number of carbonyl (C=O) groups is 2. The monoisotopic (exact) mass is 497 g/mol. The lowest BCUT2D eigenvalue weighted by molar-refractivity contribution is -0.135. The highest BCUT2D eigenvalue weighted by Crippen LogP contribution is 2.34. The van der Waals surface area contributed by atoms with E-state index in [1.807, 2.05) is 13.8 Å². The van der Waals surface area contributed by atoms with Crippen molar-refractivity contribution >= 4 is 17.7 Å². The Morgan fingerprint density at radius 1 is 1.17 bits per heavy atom. The number of nitrogens with one attached hydrogen (secondary N) is 2. The highest BCUT2D eigenvalue weighted by Gasteiger charge is 2.37. The number of aromatic amines is 1. The zero-order valence-electron chi connectivity index (χ0n) is 20.3. The summed E-state index contributed by atoms with van der Waals surface area (Å²) < 4.78 is 33.9. The van der Waals surface area contributed by atoms with Crippen LogP contribution < -0.4 is 11.1 Å². The first-order valence-corrected chi connectivity index (χ1v) is 11.7. The summed E-state index contributed by atoms with van der Waals surface area (Å²) >= 11 is 0.